The summed E-state index contributed by atoms with van der Waals surface area (Å²) in [5.74, 6) is 1.08. The summed E-state index contributed by atoms with van der Waals surface area (Å²) in [6.45, 7) is 1.06. The second-order valence-electron chi connectivity index (χ2n) is 4.55. The maximum atomic E-state index is 12.1. The van der Waals surface area contributed by atoms with Gasteiger partial charge in [-0.15, -0.1) is 0 Å². The molecule has 0 amide bonds. The summed E-state index contributed by atoms with van der Waals surface area (Å²) in [4.78, 5) is 18.3. The Bertz CT molecular complexity index is 541. The summed E-state index contributed by atoms with van der Waals surface area (Å²) < 4.78 is 3.81. The highest BCUT2D eigenvalue weighted by Gasteiger charge is 2.13. The van der Waals surface area contributed by atoms with Crippen LogP contribution in [0.1, 0.15) is 16.3 Å². The first kappa shape index (κ1) is 12.6. The van der Waals surface area contributed by atoms with Gasteiger partial charge in [-0.2, -0.15) is 0 Å². The summed E-state index contributed by atoms with van der Waals surface area (Å²) in [6, 6.07) is 3.73. The van der Waals surface area contributed by atoms with E-state index in [-0.39, 0.29) is 5.78 Å². The van der Waals surface area contributed by atoms with Crippen molar-refractivity contribution in [2.75, 3.05) is 13.6 Å². The lowest BCUT2D eigenvalue weighted by Gasteiger charge is -2.15. The van der Waals surface area contributed by atoms with Crippen molar-refractivity contribution in [3.8, 4) is 0 Å². The molecule has 0 bridgehead atoms. The Morgan fingerprint density at radius 1 is 1.33 bits per heavy atom. The number of nitrogens with zero attached hydrogens (tertiary/aromatic N) is 4. The fourth-order valence-electron chi connectivity index (χ4n) is 1.92. The summed E-state index contributed by atoms with van der Waals surface area (Å²) in [7, 11) is 5.76. The molecular formula is C13H18N4O. The van der Waals surface area contributed by atoms with Crippen molar-refractivity contribution < 1.29 is 4.79 Å². The van der Waals surface area contributed by atoms with Crippen LogP contribution in [0.25, 0.3) is 0 Å². The van der Waals surface area contributed by atoms with E-state index >= 15 is 0 Å². The maximum Gasteiger partial charge on any atom is 0.193 e. The molecule has 0 spiro atoms. The summed E-state index contributed by atoms with van der Waals surface area (Å²) >= 11 is 0. The van der Waals surface area contributed by atoms with Crippen molar-refractivity contribution >= 4 is 5.78 Å². The molecule has 0 aromatic carbocycles. The summed E-state index contributed by atoms with van der Waals surface area (Å²) in [5, 5.41) is 0. The molecule has 18 heavy (non-hydrogen) atoms. The van der Waals surface area contributed by atoms with E-state index in [1.165, 1.54) is 0 Å². The molecule has 0 N–H and O–H groups in total. The number of aromatic nitrogens is 3. The molecule has 5 nitrogen and oxygen atoms in total. The van der Waals surface area contributed by atoms with Crippen LogP contribution < -0.4 is 0 Å². The molecule has 2 aromatic heterocycles. The van der Waals surface area contributed by atoms with Crippen molar-refractivity contribution in [3.05, 3.63) is 42.2 Å². The molecule has 0 atom stereocenters. The number of hydrogen-bond acceptors (Lipinski definition) is 3. The monoisotopic (exact) mass is 246 g/mol. The minimum atomic E-state index is 0.124. The van der Waals surface area contributed by atoms with Gasteiger partial charge in [0.05, 0.1) is 18.8 Å². The molecule has 2 aromatic rings. The van der Waals surface area contributed by atoms with E-state index in [1.807, 2.05) is 59.7 Å². The maximum absolute atomic E-state index is 12.1. The van der Waals surface area contributed by atoms with Crippen LogP contribution in [-0.2, 0) is 20.6 Å². The van der Waals surface area contributed by atoms with E-state index in [4.69, 9.17) is 0 Å². The van der Waals surface area contributed by atoms with Gasteiger partial charge < -0.3 is 9.13 Å². The second kappa shape index (κ2) is 5.18. The van der Waals surface area contributed by atoms with Gasteiger partial charge in [0.15, 0.2) is 5.78 Å². The van der Waals surface area contributed by atoms with Crippen molar-refractivity contribution in [1.82, 2.24) is 19.0 Å². The molecule has 0 radical (unpaired) electrons. The lowest BCUT2D eigenvalue weighted by atomic mass is 10.2. The highest BCUT2D eigenvalue weighted by Crippen LogP contribution is 2.04. The van der Waals surface area contributed by atoms with E-state index in [0.29, 0.717) is 13.1 Å². The smallest absolute Gasteiger partial charge is 0.193 e. The number of carbonyl (C=O) groups excluding carboxylic acids is 1. The van der Waals surface area contributed by atoms with Crippen molar-refractivity contribution in [1.29, 1.82) is 0 Å². The van der Waals surface area contributed by atoms with Crippen LogP contribution in [0.2, 0.25) is 0 Å². The molecule has 0 saturated carbocycles. The Balaban J connectivity index is 1.96. The quantitative estimate of drug-likeness (QED) is 0.741. The number of rotatable bonds is 5. The average molecular weight is 246 g/mol. The van der Waals surface area contributed by atoms with Gasteiger partial charge in [-0.25, -0.2) is 4.98 Å². The average Bonchev–Trinajstić information content (AvgIpc) is 2.88. The van der Waals surface area contributed by atoms with Crippen LogP contribution in [0.5, 0.6) is 0 Å². The third-order valence-corrected chi connectivity index (χ3v) is 2.98. The number of ketones is 1. The number of likely N-dealkylation sites (N-methyl/N-ethyl adjacent to an activating group) is 1. The number of aryl methyl sites for hydroxylation is 2. The third kappa shape index (κ3) is 2.68. The van der Waals surface area contributed by atoms with Crippen LogP contribution in [0.3, 0.4) is 0 Å². The molecule has 2 rings (SSSR count). The zero-order valence-electron chi connectivity index (χ0n) is 11.0. The third-order valence-electron chi connectivity index (χ3n) is 2.98. The standard InChI is InChI=1S/C13H18N4O/c1-15(10-13-14-6-8-17(13)3)9-12(18)11-5-4-7-16(11)2/h4-8H,9-10H2,1-3H3. The highest BCUT2D eigenvalue weighted by atomic mass is 16.1. The predicted molar refractivity (Wildman–Crippen MR) is 69.3 cm³/mol. The zero-order valence-corrected chi connectivity index (χ0v) is 11.0. The lowest BCUT2D eigenvalue weighted by molar-refractivity contribution is 0.0933. The summed E-state index contributed by atoms with van der Waals surface area (Å²) in [6.07, 6.45) is 5.55. The van der Waals surface area contributed by atoms with Gasteiger partial charge in [0.1, 0.15) is 5.82 Å². The van der Waals surface area contributed by atoms with E-state index < -0.39 is 0 Å². The normalized spacial score (nSPS) is 11.1. The van der Waals surface area contributed by atoms with Crippen molar-refractivity contribution in [2.24, 2.45) is 14.1 Å². The molecule has 96 valence electrons. The number of Topliss-reactive ketones (excluding diaryl/α,β-unsaturated/α-hetero) is 1. The molecule has 0 fully saturated rings. The van der Waals surface area contributed by atoms with Gasteiger partial charge in [0.25, 0.3) is 0 Å². The Labute approximate surface area is 107 Å². The summed E-state index contributed by atoms with van der Waals surface area (Å²) in [5.41, 5.74) is 0.738. The Hall–Kier alpha value is -1.88. The largest absolute Gasteiger partial charge is 0.348 e. The SMILES string of the molecule is CN(CC(=O)c1cccn1C)Cc1nccn1C. The fraction of sp³-hybridized carbons (Fsp3) is 0.385. The van der Waals surface area contributed by atoms with Gasteiger partial charge in [0, 0.05) is 32.7 Å². The van der Waals surface area contributed by atoms with Gasteiger partial charge in [-0.1, -0.05) is 0 Å². The Kier molecular flexibility index (Phi) is 3.62. The molecule has 0 aliphatic heterocycles. The first-order valence-electron chi connectivity index (χ1n) is 5.87. The van der Waals surface area contributed by atoms with Crippen LogP contribution in [0.15, 0.2) is 30.7 Å². The van der Waals surface area contributed by atoms with Crippen LogP contribution in [0, 0.1) is 0 Å². The van der Waals surface area contributed by atoms with Crippen LogP contribution in [-0.4, -0.2) is 38.4 Å². The minimum absolute atomic E-state index is 0.124. The van der Waals surface area contributed by atoms with Crippen LogP contribution in [0.4, 0.5) is 0 Å². The topological polar surface area (TPSA) is 43.1 Å². The molecular weight excluding hydrogens is 228 g/mol. The van der Waals surface area contributed by atoms with Gasteiger partial charge in [0.2, 0.25) is 0 Å². The van der Waals surface area contributed by atoms with E-state index in [9.17, 15) is 4.79 Å². The van der Waals surface area contributed by atoms with Crippen molar-refractivity contribution in [2.45, 2.75) is 6.54 Å². The molecule has 0 unspecified atom stereocenters. The first-order chi connectivity index (χ1) is 8.58. The minimum Gasteiger partial charge on any atom is -0.348 e. The molecule has 0 saturated heterocycles. The highest BCUT2D eigenvalue weighted by molar-refractivity contribution is 5.96. The number of carbonyl (C=O) groups is 1. The second-order valence-corrected chi connectivity index (χ2v) is 4.55. The first-order valence-corrected chi connectivity index (χ1v) is 5.87. The molecule has 2 heterocycles. The van der Waals surface area contributed by atoms with E-state index in [0.717, 1.165) is 11.5 Å². The molecule has 0 aliphatic rings. The number of hydrogen-bond donors (Lipinski definition) is 0. The Morgan fingerprint density at radius 2 is 2.11 bits per heavy atom. The number of imidazole rings is 1. The zero-order chi connectivity index (χ0) is 13.1. The van der Waals surface area contributed by atoms with Crippen LogP contribution >= 0.6 is 0 Å². The molecule has 0 aliphatic carbocycles. The lowest BCUT2D eigenvalue weighted by Crippen LogP contribution is -2.27. The van der Waals surface area contributed by atoms with Crippen molar-refractivity contribution in [3.63, 3.8) is 0 Å². The molecule has 5 heteroatoms. The van der Waals surface area contributed by atoms with Gasteiger partial charge in [-0.3, -0.25) is 9.69 Å². The van der Waals surface area contributed by atoms with Gasteiger partial charge in [-0.05, 0) is 19.2 Å². The van der Waals surface area contributed by atoms with Gasteiger partial charge >= 0.3 is 0 Å². The fourth-order valence-corrected chi connectivity index (χ4v) is 1.92. The predicted octanol–water partition coefficient (Wildman–Crippen LogP) is 1.07. The van der Waals surface area contributed by atoms with E-state index in [1.54, 1.807) is 6.20 Å². The Morgan fingerprint density at radius 3 is 2.67 bits per heavy atom. The van der Waals surface area contributed by atoms with E-state index in [2.05, 4.69) is 4.98 Å².